The highest BCUT2D eigenvalue weighted by Crippen LogP contribution is 2.36. The number of hydrogen-bond acceptors (Lipinski definition) is 8. The fourth-order valence-electron chi connectivity index (χ4n) is 3.49. The number of carbonyl (C=O) groups is 3. The summed E-state index contributed by atoms with van der Waals surface area (Å²) in [5, 5.41) is 8.90. The van der Waals surface area contributed by atoms with Gasteiger partial charge in [-0.15, -0.1) is 0 Å². The first-order valence-corrected chi connectivity index (χ1v) is 10.1. The molecule has 0 aromatic carbocycles. The molecule has 0 bridgehead atoms. The van der Waals surface area contributed by atoms with Crippen molar-refractivity contribution in [3.05, 3.63) is 35.5 Å². The molecule has 2 aliphatic rings. The summed E-state index contributed by atoms with van der Waals surface area (Å²) in [6.07, 6.45) is 4.26. The van der Waals surface area contributed by atoms with Crippen molar-refractivity contribution in [2.24, 2.45) is 11.8 Å². The van der Waals surface area contributed by atoms with Crippen LogP contribution in [-0.4, -0.2) is 48.6 Å². The van der Waals surface area contributed by atoms with E-state index in [-0.39, 0.29) is 37.1 Å². The summed E-state index contributed by atoms with van der Waals surface area (Å²) < 4.78 is 16.4. The molecule has 1 saturated heterocycles. The molecule has 0 amide bonds. The topological polar surface area (TPSA) is 108 Å². The van der Waals surface area contributed by atoms with Gasteiger partial charge in [-0.2, -0.15) is 0 Å². The van der Waals surface area contributed by atoms with Gasteiger partial charge in [-0.05, 0) is 36.5 Å². The van der Waals surface area contributed by atoms with E-state index in [4.69, 9.17) is 19.5 Å². The van der Waals surface area contributed by atoms with Crippen LogP contribution in [0.5, 0.6) is 0 Å². The molecule has 0 unspecified atom stereocenters. The van der Waals surface area contributed by atoms with E-state index >= 15 is 0 Å². The maximum absolute atomic E-state index is 12.6. The van der Waals surface area contributed by atoms with E-state index in [2.05, 4.69) is 11.5 Å². The lowest BCUT2D eigenvalue weighted by Crippen LogP contribution is -2.35. The SMILES string of the molecule is C=C1C(=O)O[C@@H]2/C=C(/COO)CC/C=C(/COC(C)=O)C[C@@H](OC(=O)[C@@H](C)CC)[C@@H]12. The van der Waals surface area contributed by atoms with Crippen molar-refractivity contribution in [3.63, 3.8) is 0 Å². The third-order valence-electron chi connectivity index (χ3n) is 5.42. The van der Waals surface area contributed by atoms with Crippen LogP contribution in [0, 0.1) is 11.8 Å². The maximum Gasteiger partial charge on any atom is 0.334 e. The predicted octanol–water partition coefficient (Wildman–Crippen LogP) is 3.13. The van der Waals surface area contributed by atoms with E-state index in [9.17, 15) is 14.4 Å². The average Bonchev–Trinajstić information content (AvgIpc) is 2.97. The monoisotopic (exact) mass is 422 g/mol. The third kappa shape index (κ3) is 6.27. The van der Waals surface area contributed by atoms with Crippen molar-refractivity contribution in [1.29, 1.82) is 0 Å². The van der Waals surface area contributed by atoms with Crippen LogP contribution in [0.15, 0.2) is 35.5 Å². The average molecular weight is 422 g/mol. The van der Waals surface area contributed by atoms with Crippen molar-refractivity contribution in [3.8, 4) is 0 Å². The molecular weight excluding hydrogens is 392 g/mol. The van der Waals surface area contributed by atoms with Crippen molar-refractivity contribution in [2.45, 2.75) is 58.7 Å². The molecule has 1 N–H and O–H groups in total. The van der Waals surface area contributed by atoms with Crippen LogP contribution in [-0.2, 0) is 33.5 Å². The lowest BCUT2D eigenvalue weighted by atomic mass is 9.85. The Hall–Kier alpha value is -2.45. The first kappa shape index (κ1) is 23.8. The Kier molecular flexibility index (Phi) is 8.80. The molecule has 8 heteroatoms. The maximum atomic E-state index is 12.6. The van der Waals surface area contributed by atoms with Gasteiger partial charge in [0.25, 0.3) is 0 Å². The Morgan fingerprint density at radius 1 is 1.33 bits per heavy atom. The second-order valence-corrected chi connectivity index (χ2v) is 7.69. The molecule has 2 rings (SSSR count). The van der Waals surface area contributed by atoms with Crippen LogP contribution in [0.4, 0.5) is 0 Å². The van der Waals surface area contributed by atoms with Crippen molar-refractivity contribution in [2.75, 3.05) is 13.2 Å². The van der Waals surface area contributed by atoms with Crippen molar-refractivity contribution >= 4 is 17.9 Å². The fourth-order valence-corrected chi connectivity index (χ4v) is 3.49. The number of carbonyl (C=O) groups excluding carboxylic acids is 3. The van der Waals surface area contributed by atoms with Crippen LogP contribution in [0.2, 0.25) is 0 Å². The van der Waals surface area contributed by atoms with Gasteiger partial charge in [0.05, 0.1) is 11.8 Å². The van der Waals surface area contributed by atoms with Crippen LogP contribution in [0.25, 0.3) is 0 Å². The number of fused-ring (bicyclic) bond motifs is 1. The molecule has 1 heterocycles. The first-order chi connectivity index (χ1) is 14.3. The quantitative estimate of drug-likeness (QED) is 0.166. The van der Waals surface area contributed by atoms with E-state index in [0.717, 1.165) is 11.1 Å². The molecule has 0 aromatic heterocycles. The van der Waals surface area contributed by atoms with E-state index in [1.54, 1.807) is 13.0 Å². The predicted molar refractivity (Wildman–Crippen MR) is 107 cm³/mol. The largest absolute Gasteiger partial charge is 0.461 e. The van der Waals surface area contributed by atoms with E-state index in [1.807, 2.05) is 13.0 Å². The van der Waals surface area contributed by atoms with Crippen LogP contribution < -0.4 is 0 Å². The van der Waals surface area contributed by atoms with Gasteiger partial charge < -0.3 is 14.2 Å². The summed E-state index contributed by atoms with van der Waals surface area (Å²) in [5.74, 6) is -2.25. The van der Waals surface area contributed by atoms with Gasteiger partial charge in [-0.25, -0.2) is 9.68 Å². The standard InChI is InChI=1S/C22H30O8/c1-5-13(2)21(24)29-18-9-16(11-27-15(4)23)7-6-8-17(12-28-26)10-19-20(18)14(3)22(25)30-19/h7,10,13,18-20,26H,3,5-6,8-9,11-12H2,1-2,4H3/b16-7+,17-10+/t13-,18+,19+,20+/m0/s1. The van der Waals surface area contributed by atoms with E-state index < -0.39 is 30.1 Å². The second kappa shape index (κ2) is 11.1. The molecular formula is C22H30O8. The van der Waals surface area contributed by atoms with Gasteiger partial charge in [-0.1, -0.05) is 26.5 Å². The molecule has 4 atom stereocenters. The summed E-state index contributed by atoms with van der Waals surface area (Å²) in [6, 6.07) is 0. The smallest absolute Gasteiger partial charge is 0.334 e. The van der Waals surface area contributed by atoms with Crippen LogP contribution >= 0.6 is 0 Å². The molecule has 30 heavy (non-hydrogen) atoms. The number of rotatable bonds is 7. The summed E-state index contributed by atoms with van der Waals surface area (Å²) >= 11 is 0. The molecule has 1 aliphatic heterocycles. The van der Waals surface area contributed by atoms with Gasteiger partial charge in [0.1, 0.15) is 25.4 Å². The van der Waals surface area contributed by atoms with Gasteiger partial charge >= 0.3 is 17.9 Å². The van der Waals surface area contributed by atoms with Gasteiger partial charge in [0, 0.05) is 18.9 Å². The first-order valence-electron chi connectivity index (χ1n) is 10.1. The number of ether oxygens (including phenoxy) is 3. The number of hydrogen-bond donors (Lipinski definition) is 1. The second-order valence-electron chi connectivity index (χ2n) is 7.69. The molecule has 8 nitrogen and oxygen atoms in total. The zero-order valence-corrected chi connectivity index (χ0v) is 17.7. The van der Waals surface area contributed by atoms with Crippen LogP contribution in [0.3, 0.4) is 0 Å². The van der Waals surface area contributed by atoms with Crippen molar-refractivity contribution in [1.82, 2.24) is 0 Å². The Morgan fingerprint density at radius 2 is 2.07 bits per heavy atom. The minimum absolute atomic E-state index is 0.0440. The fraction of sp³-hybridized carbons (Fsp3) is 0.591. The molecule has 1 aliphatic carbocycles. The summed E-state index contributed by atoms with van der Waals surface area (Å²) in [6.45, 7) is 8.86. The zero-order chi connectivity index (χ0) is 22.3. The molecule has 0 saturated carbocycles. The summed E-state index contributed by atoms with van der Waals surface area (Å²) in [4.78, 5) is 40.4. The Morgan fingerprint density at radius 3 is 2.70 bits per heavy atom. The van der Waals surface area contributed by atoms with E-state index in [0.29, 0.717) is 19.3 Å². The Balaban J connectivity index is 2.41. The van der Waals surface area contributed by atoms with Gasteiger partial charge in [0.15, 0.2) is 0 Å². The van der Waals surface area contributed by atoms with Crippen molar-refractivity contribution < 1.29 is 38.7 Å². The highest BCUT2D eigenvalue weighted by molar-refractivity contribution is 5.91. The number of allylic oxidation sites excluding steroid dienone is 1. The minimum Gasteiger partial charge on any atom is -0.461 e. The molecule has 1 fully saturated rings. The molecule has 0 aromatic rings. The summed E-state index contributed by atoms with van der Waals surface area (Å²) in [5.41, 5.74) is 1.71. The highest BCUT2D eigenvalue weighted by atomic mass is 17.1. The van der Waals surface area contributed by atoms with E-state index in [1.165, 1.54) is 6.92 Å². The lowest BCUT2D eigenvalue weighted by molar-refractivity contribution is -0.234. The zero-order valence-electron chi connectivity index (χ0n) is 17.7. The molecule has 166 valence electrons. The minimum atomic E-state index is -0.720. The normalized spacial score (nSPS) is 28.9. The molecule has 0 spiro atoms. The Bertz CT molecular complexity index is 735. The third-order valence-corrected chi connectivity index (χ3v) is 5.42. The number of esters is 3. The Labute approximate surface area is 176 Å². The van der Waals surface area contributed by atoms with Crippen LogP contribution in [0.1, 0.15) is 46.5 Å². The summed E-state index contributed by atoms with van der Waals surface area (Å²) in [7, 11) is 0. The van der Waals surface area contributed by atoms with Gasteiger partial charge in [-0.3, -0.25) is 14.8 Å². The highest BCUT2D eigenvalue weighted by Gasteiger charge is 2.45. The van der Waals surface area contributed by atoms with Gasteiger partial charge in [0.2, 0.25) is 0 Å². The molecule has 0 radical (unpaired) electrons. The lowest BCUT2D eigenvalue weighted by Gasteiger charge is -2.29.